The Kier molecular flexibility index (Phi) is 5.31. The van der Waals surface area contributed by atoms with Gasteiger partial charge in [-0.15, -0.1) is 0 Å². The van der Waals surface area contributed by atoms with Gasteiger partial charge in [-0.3, -0.25) is 4.79 Å². The zero-order valence-corrected chi connectivity index (χ0v) is 10.3. The van der Waals surface area contributed by atoms with Gasteiger partial charge in [0.2, 0.25) is 11.8 Å². The monoisotopic (exact) mass is 248 g/mol. The first-order chi connectivity index (χ1) is 7.94. The molecule has 17 heavy (non-hydrogen) atoms. The van der Waals surface area contributed by atoms with Crippen LogP contribution in [0.15, 0.2) is 0 Å². The Morgan fingerprint density at radius 3 is 2.82 bits per heavy atom. The Labute approximate surface area is 101 Å². The average Bonchev–Trinajstić information content (AvgIpc) is 2.64. The average molecular weight is 248 g/mol. The van der Waals surface area contributed by atoms with Gasteiger partial charge in [0, 0.05) is 25.3 Å². The summed E-state index contributed by atoms with van der Waals surface area (Å²) < 4.78 is 25.8. The topological polar surface area (TPSA) is 55.1 Å². The minimum absolute atomic E-state index is 0.157. The van der Waals surface area contributed by atoms with Gasteiger partial charge in [-0.25, -0.2) is 8.78 Å². The molecule has 0 aromatic rings. The van der Waals surface area contributed by atoms with E-state index in [1.165, 1.54) is 0 Å². The number of carbonyl (C=O) groups is 1. The van der Waals surface area contributed by atoms with Gasteiger partial charge in [0.1, 0.15) is 0 Å². The second kappa shape index (κ2) is 6.28. The third-order valence-electron chi connectivity index (χ3n) is 3.35. The van der Waals surface area contributed by atoms with E-state index in [0.29, 0.717) is 25.4 Å². The quantitative estimate of drug-likeness (QED) is 0.705. The van der Waals surface area contributed by atoms with Crippen LogP contribution in [0.3, 0.4) is 0 Å². The van der Waals surface area contributed by atoms with Crippen LogP contribution in [-0.4, -0.2) is 24.9 Å². The Hall–Kier alpha value is -0.710. The molecule has 1 rings (SSSR count). The summed E-state index contributed by atoms with van der Waals surface area (Å²) in [5.41, 5.74) is 5.47. The molecule has 3 nitrogen and oxygen atoms in total. The van der Waals surface area contributed by atoms with Gasteiger partial charge < -0.3 is 11.1 Å². The highest BCUT2D eigenvalue weighted by Gasteiger charge is 2.42. The summed E-state index contributed by atoms with van der Waals surface area (Å²) in [7, 11) is 0. The summed E-state index contributed by atoms with van der Waals surface area (Å²) in [6.07, 6.45) is 1.66. The van der Waals surface area contributed by atoms with Crippen molar-refractivity contribution in [2.24, 2.45) is 17.6 Å². The first kappa shape index (κ1) is 14.4. The molecule has 3 N–H and O–H groups in total. The number of hydrogen-bond donors (Lipinski definition) is 2. The molecule has 1 fully saturated rings. The van der Waals surface area contributed by atoms with E-state index in [9.17, 15) is 13.6 Å². The molecular formula is C12H22F2N2O. The van der Waals surface area contributed by atoms with E-state index in [-0.39, 0.29) is 18.7 Å². The molecule has 1 saturated carbocycles. The minimum Gasteiger partial charge on any atom is -0.356 e. The largest absolute Gasteiger partial charge is 0.356 e. The maximum Gasteiger partial charge on any atom is 0.248 e. The third kappa shape index (κ3) is 4.98. The number of halogens is 2. The van der Waals surface area contributed by atoms with Gasteiger partial charge in [0.15, 0.2) is 0 Å². The number of nitrogens with one attached hydrogen (secondary N) is 1. The summed E-state index contributed by atoms with van der Waals surface area (Å²) in [6.45, 7) is 3.26. The maximum absolute atomic E-state index is 12.9. The van der Waals surface area contributed by atoms with Crippen LogP contribution < -0.4 is 11.1 Å². The second-order valence-electron chi connectivity index (χ2n) is 5.07. The maximum atomic E-state index is 12.9. The molecule has 2 unspecified atom stereocenters. The van der Waals surface area contributed by atoms with E-state index in [1.54, 1.807) is 0 Å². The molecule has 1 aliphatic rings. The van der Waals surface area contributed by atoms with Gasteiger partial charge in [0.25, 0.3) is 0 Å². The number of rotatable bonds is 6. The fourth-order valence-corrected chi connectivity index (χ4v) is 2.10. The second-order valence-corrected chi connectivity index (χ2v) is 5.07. The highest BCUT2D eigenvalue weighted by Crippen LogP contribution is 2.38. The fraction of sp³-hybridized carbons (Fsp3) is 0.917. The molecule has 0 spiro atoms. The van der Waals surface area contributed by atoms with Crippen LogP contribution in [0.5, 0.6) is 0 Å². The zero-order chi connectivity index (χ0) is 12.9. The number of amides is 1. The van der Waals surface area contributed by atoms with Gasteiger partial charge in [-0.2, -0.15) is 0 Å². The first-order valence-corrected chi connectivity index (χ1v) is 6.30. The van der Waals surface area contributed by atoms with Crippen molar-refractivity contribution in [1.82, 2.24) is 5.32 Å². The van der Waals surface area contributed by atoms with Crippen molar-refractivity contribution in [3.05, 3.63) is 0 Å². The van der Waals surface area contributed by atoms with Crippen LogP contribution >= 0.6 is 0 Å². The van der Waals surface area contributed by atoms with E-state index < -0.39 is 11.8 Å². The molecule has 1 amide bonds. The Bertz CT molecular complexity index is 259. The predicted octanol–water partition coefficient (Wildman–Crippen LogP) is 1.91. The molecule has 0 radical (unpaired) electrons. The Balaban J connectivity index is 2.14. The van der Waals surface area contributed by atoms with Gasteiger partial charge >= 0.3 is 0 Å². The summed E-state index contributed by atoms with van der Waals surface area (Å²) in [5, 5.41) is 2.73. The summed E-state index contributed by atoms with van der Waals surface area (Å²) in [4.78, 5) is 11.6. The predicted molar refractivity (Wildman–Crippen MR) is 62.8 cm³/mol. The van der Waals surface area contributed by atoms with Crippen molar-refractivity contribution < 1.29 is 13.6 Å². The molecule has 0 aromatic carbocycles. The lowest BCUT2D eigenvalue weighted by atomic mass is 10.1. The lowest BCUT2D eigenvalue weighted by Crippen LogP contribution is -2.31. The zero-order valence-electron chi connectivity index (χ0n) is 10.3. The Morgan fingerprint density at radius 1 is 1.59 bits per heavy atom. The van der Waals surface area contributed by atoms with Crippen molar-refractivity contribution in [1.29, 1.82) is 0 Å². The Morgan fingerprint density at radius 2 is 2.29 bits per heavy atom. The van der Waals surface area contributed by atoms with Crippen molar-refractivity contribution in [3.8, 4) is 0 Å². The molecule has 100 valence electrons. The van der Waals surface area contributed by atoms with Crippen molar-refractivity contribution >= 4 is 5.91 Å². The summed E-state index contributed by atoms with van der Waals surface area (Å²) in [6, 6.07) is 0. The van der Waals surface area contributed by atoms with E-state index in [0.717, 1.165) is 12.8 Å². The van der Waals surface area contributed by atoms with E-state index >= 15 is 0 Å². The molecule has 0 bridgehead atoms. The molecule has 0 saturated heterocycles. The number of carbonyl (C=O) groups excluding carboxylic acids is 1. The van der Waals surface area contributed by atoms with E-state index in [2.05, 4.69) is 12.2 Å². The standard InChI is InChI=1S/C12H22F2N2O/c1-9(8-15)3-2-6-16-11(17)10-4-5-12(13,14)7-10/h9-10H,2-8,15H2,1H3,(H,16,17). The lowest BCUT2D eigenvalue weighted by Gasteiger charge is -2.12. The highest BCUT2D eigenvalue weighted by molar-refractivity contribution is 5.79. The van der Waals surface area contributed by atoms with Gasteiger partial charge in [-0.05, 0) is 31.7 Å². The van der Waals surface area contributed by atoms with Crippen LogP contribution in [-0.2, 0) is 4.79 Å². The SMILES string of the molecule is CC(CN)CCCNC(=O)C1CCC(F)(F)C1. The lowest BCUT2D eigenvalue weighted by molar-refractivity contribution is -0.125. The fourth-order valence-electron chi connectivity index (χ4n) is 2.10. The number of alkyl halides is 2. The number of hydrogen-bond acceptors (Lipinski definition) is 2. The molecule has 1 aliphatic carbocycles. The molecule has 0 aromatic heterocycles. The normalized spacial score (nSPS) is 24.6. The molecule has 2 atom stereocenters. The van der Waals surface area contributed by atoms with Crippen LogP contribution in [0.1, 0.15) is 39.0 Å². The van der Waals surface area contributed by atoms with Crippen molar-refractivity contribution in [3.63, 3.8) is 0 Å². The molecule has 5 heteroatoms. The molecule has 0 heterocycles. The molecular weight excluding hydrogens is 226 g/mol. The summed E-state index contributed by atoms with van der Waals surface area (Å²) in [5.74, 6) is -2.92. The van der Waals surface area contributed by atoms with Crippen LogP contribution in [0.25, 0.3) is 0 Å². The van der Waals surface area contributed by atoms with E-state index in [4.69, 9.17) is 5.73 Å². The van der Waals surface area contributed by atoms with E-state index in [1.807, 2.05) is 0 Å². The number of nitrogens with two attached hydrogens (primary N) is 1. The van der Waals surface area contributed by atoms with Crippen molar-refractivity contribution in [2.45, 2.75) is 45.0 Å². The van der Waals surface area contributed by atoms with Crippen LogP contribution in [0.4, 0.5) is 8.78 Å². The van der Waals surface area contributed by atoms with Gasteiger partial charge in [-0.1, -0.05) is 6.92 Å². The third-order valence-corrected chi connectivity index (χ3v) is 3.35. The minimum atomic E-state index is -2.64. The van der Waals surface area contributed by atoms with Crippen LogP contribution in [0, 0.1) is 11.8 Å². The van der Waals surface area contributed by atoms with Gasteiger partial charge in [0.05, 0.1) is 0 Å². The molecule has 0 aliphatic heterocycles. The highest BCUT2D eigenvalue weighted by atomic mass is 19.3. The smallest absolute Gasteiger partial charge is 0.248 e. The van der Waals surface area contributed by atoms with Crippen LogP contribution in [0.2, 0.25) is 0 Å². The first-order valence-electron chi connectivity index (χ1n) is 6.30. The van der Waals surface area contributed by atoms with Crippen molar-refractivity contribution in [2.75, 3.05) is 13.1 Å². The summed E-state index contributed by atoms with van der Waals surface area (Å²) >= 11 is 0.